The molecule has 2 fully saturated rings. The number of amides is 2. The maximum absolute atomic E-state index is 13.9. The number of ether oxygens (including phenoxy) is 4. The molecule has 2 saturated heterocycles. The molecule has 0 saturated carbocycles. The van der Waals surface area contributed by atoms with Crippen LogP contribution in [0.5, 0.6) is 17.2 Å². The molecule has 47 heavy (non-hydrogen) atoms. The number of nitrogens with zero attached hydrogens (tertiary/aromatic N) is 2. The lowest BCUT2D eigenvalue weighted by atomic mass is 9.84. The van der Waals surface area contributed by atoms with Crippen LogP contribution < -0.4 is 19.5 Å². The van der Waals surface area contributed by atoms with E-state index in [0.717, 1.165) is 25.1 Å². The fourth-order valence-electron chi connectivity index (χ4n) is 5.80. The average Bonchev–Trinajstić information content (AvgIpc) is 3.11. The van der Waals surface area contributed by atoms with E-state index >= 15 is 0 Å². The van der Waals surface area contributed by atoms with Gasteiger partial charge in [-0.1, -0.05) is 39.0 Å². The molecule has 4 rings (SSSR count). The molecular weight excluding hydrogens is 602 g/mol. The maximum atomic E-state index is 13.9. The van der Waals surface area contributed by atoms with Gasteiger partial charge in [0.25, 0.3) is 11.8 Å². The summed E-state index contributed by atoms with van der Waals surface area (Å²) in [6.45, 7) is 8.38. The number of hydrogen-bond donors (Lipinski definition) is 1. The fourth-order valence-corrected chi connectivity index (χ4v) is 5.80. The Morgan fingerprint density at radius 3 is 2.40 bits per heavy atom. The molecule has 0 aliphatic carbocycles. The predicted octanol–water partition coefficient (Wildman–Crippen LogP) is 4.12. The second-order valence-electron chi connectivity index (χ2n) is 12.7. The highest BCUT2D eigenvalue weighted by atomic mass is 16.5. The van der Waals surface area contributed by atoms with Crippen LogP contribution in [0.15, 0.2) is 42.5 Å². The molecular formula is C36H49N3O8. The van der Waals surface area contributed by atoms with E-state index in [0.29, 0.717) is 74.6 Å². The summed E-state index contributed by atoms with van der Waals surface area (Å²) >= 11 is 0. The van der Waals surface area contributed by atoms with Gasteiger partial charge in [-0.15, -0.1) is 0 Å². The summed E-state index contributed by atoms with van der Waals surface area (Å²) in [6, 6.07) is 12.0. The van der Waals surface area contributed by atoms with Gasteiger partial charge < -0.3 is 34.1 Å². The second kappa shape index (κ2) is 16.6. The highest BCUT2D eigenvalue weighted by molar-refractivity contribution is 6.38. The zero-order chi connectivity index (χ0) is 34.0. The van der Waals surface area contributed by atoms with E-state index in [1.807, 2.05) is 31.2 Å². The van der Waals surface area contributed by atoms with Crippen molar-refractivity contribution in [1.29, 1.82) is 0 Å². The zero-order valence-electron chi connectivity index (χ0n) is 28.3. The minimum absolute atomic E-state index is 0.0869. The topological polar surface area (TPSA) is 124 Å². The van der Waals surface area contributed by atoms with Crippen LogP contribution in [0.25, 0.3) is 0 Å². The Morgan fingerprint density at radius 2 is 1.70 bits per heavy atom. The van der Waals surface area contributed by atoms with E-state index in [9.17, 15) is 19.2 Å². The van der Waals surface area contributed by atoms with Crippen molar-refractivity contribution in [3.05, 3.63) is 53.6 Å². The first kappa shape index (κ1) is 35.7. The summed E-state index contributed by atoms with van der Waals surface area (Å²) in [7, 11) is 3.16. The van der Waals surface area contributed by atoms with Gasteiger partial charge in [0.2, 0.25) is 5.78 Å². The van der Waals surface area contributed by atoms with Gasteiger partial charge in [0.15, 0.2) is 18.1 Å². The lowest BCUT2D eigenvalue weighted by Gasteiger charge is -2.36. The van der Waals surface area contributed by atoms with Crippen LogP contribution in [0.4, 0.5) is 0 Å². The molecule has 0 spiro atoms. The van der Waals surface area contributed by atoms with Crippen LogP contribution in [0, 0.1) is 5.41 Å². The number of methoxy groups -OCH3 is 2. The van der Waals surface area contributed by atoms with Crippen molar-refractivity contribution in [2.75, 3.05) is 53.6 Å². The Balaban J connectivity index is 1.55. The Labute approximate surface area is 277 Å². The molecule has 2 amide bonds. The van der Waals surface area contributed by atoms with Gasteiger partial charge in [0.05, 0.1) is 14.2 Å². The average molecular weight is 652 g/mol. The van der Waals surface area contributed by atoms with E-state index in [2.05, 4.69) is 5.32 Å². The number of piperazine rings is 1. The van der Waals surface area contributed by atoms with Gasteiger partial charge in [-0.25, -0.2) is 4.79 Å². The van der Waals surface area contributed by atoms with Crippen LogP contribution in [0.1, 0.15) is 70.1 Å². The molecule has 0 radical (unpaired) electrons. The number of Topliss-reactive ketones (excluding diaryl/α,β-unsaturated/α-hetero) is 1. The van der Waals surface area contributed by atoms with Crippen LogP contribution in [-0.2, 0) is 30.3 Å². The summed E-state index contributed by atoms with van der Waals surface area (Å²) in [5.74, 6) is -0.0647. The Kier molecular flexibility index (Phi) is 12.6. The second-order valence-corrected chi connectivity index (χ2v) is 12.7. The smallest absolute Gasteiger partial charge is 0.329 e. The van der Waals surface area contributed by atoms with E-state index in [1.54, 1.807) is 51.2 Å². The number of hydrogen-bond acceptors (Lipinski definition) is 9. The number of nitrogens with one attached hydrogen (secondary N) is 1. The molecule has 256 valence electrons. The van der Waals surface area contributed by atoms with Crippen molar-refractivity contribution < 1.29 is 38.1 Å². The predicted molar refractivity (Wildman–Crippen MR) is 177 cm³/mol. The number of aryl methyl sites for hydroxylation is 1. The highest BCUT2D eigenvalue weighted by Crippen LogP contribution is 2.32. The molecule has 2 atom stereocenters. The number of benzene rings is 2. The molecule has 2 heterocycles. The highest BCUT2D eigenvalue weighted by Gasteiger charge is 2.41. The first-order valence-corrected chi connectivity index (χ1v) is 16.6. The van der Waals surface area contributed by atoms with E-state index < -0.39 is 35.2 Å². The number of carbonyl (C=O) groups excluding carboxylic acids is 4. The van der Waals surface area contributed by atoms with Crippen molar-refractivity contribution in [2.45, 2.75) is 71.4 Å². The fraction of sp³-hybridized carbons (Fsp3) is 0.556. The van der Waals surface area contributed by atoms with Gasteiger partial charge in [-0.2, -0.15) is 0 Å². The van der Waals surface area contributed by atoms with Gasteiger partial charge in [-0.3, -0.25) is 14.4 Å². The first-order valence-electron chi connectivity index (χ1n) is 16.6. The Morgan fingerprint density at radius 1 is 0.957 bits per heavy atom. The largest absolute Gasteiger partial charge is 0.493 e. The lowest BCUT2D eigenvalue weighted by molar-refractivity contribution is -0.164. The van der Waals surface area contributed by atoms with E-state index in [1.165, 1.54) is 4.90 Å². The van der Waals surface area contributed by atoms with E-state index in [4.69, 9.17) is 18.9 Å². The molecule has 0 bridgehead atoms. The van der Waals surface area contributed by atoms with Crippen molar-refractivity contribution in [2.24, 2.45) is 5.41 Å². The standard InChI is InChI=1S/C36H49N3O8/c1-6-36(2,3)33(41)34(42)39-19-8-7-12-28(39)35(43)47-29(15-13-25-14-16-30(44-4)31(22-25)45-5)26-10-9-11-27(23-26)46-24-32(40)38-20-17-37-18-21-38/h9-11,14,16,22-23,28-29,37H,6-8,12-13,15,17-21,24H2,1-5H3/t28?,29-/m1/s1. The lowest BCUT2D eigenvalue weighted by Crippen LogP contribution is -2.53. The van der Waals surface area contributed by atoms with Gasteiger partial charge in [0, 0.05) is 38.1 Å². The number of rotatable bonds is 14. The normalized spacial score (nSPS) is 17.4. The molecule has 1 unspecified atom stereocenters. The van der Waals surface area contributed by atoms with Crippen LogP contribution in [0.3, 0.4) is 0 Å². The third-order valence-corrected chi connectivity index (χ3v) is 9.19. The van der Waals surface area contributed by atoms with Gasteiger partial charge >= 0.3 is 5.97 Å². The molecule has 11 heteroatoms. The molecule has 2 aromatic rings. The molecule has 2 aliphatic rings. The minimum Gasteiger partial charge on any atom is -0.493 e. The van der Waals surface area contributed by atoms with Crippen molar-refractivity contribution in [1.82, 2.24) is 15.1 Å². The monoisotopic (exact) mass is 651 g/mol. The summed E-state index contributed by atoms with van der Waals surface area (Å²) in [6.07, 6.45) is 2.67. The number of ketones is 1. The first-order chi connectivity index (χ1) is 22.6. The Bertz CT molecular complexity index is 1400. The Hall–Kier alpha value is -4.12. The SMILES string of the molecule is CCC(C)(C)C(=O)C(=O)N1CCCCC1C(=O)O[C@H](CCc1ccc(OC)c(OC)c1)c1cccc(OCC(=O)N2CCNCC2)c1. The summed E-state index contributed by atoms with van der Waals surface area (Å²) in [5, 5.41) is 3.23. The van der Waals surface area contributed by atoms with Crippen molar-refractivity contribution in [3.8, 4) is 17.2 Å². The van der Waals surface area contributed by atoms with Gasteiger partial charge in [-0.05, 0) is 73.9 Å². The third-order valence-electron chi connectivity index (χ3n) is 9.19. The molecule has 2 aromatic carbocycles. The number of piperidine rings is 1. The van der Waals surface area contributed by atoms with Crippen molar-refractivity contribution >= 4 is 23.6 Å². The van der Waals surface area contributed by atoms with Crippen LogP contribution in [0.2, 0.25) is 0 Å². The number of carbonyl (C=O) groups is 4. The van der Waals surface area contributed by atoms with Crippen molar-refractivity contribution in [3.63, 3.8) is 0 Å². The molecule has 2 aliphatic heterocycles. The van der Waals surface area contributed by atoms with Gasteiger partial charge in [0.1, 0.15) is 17.9 Å². The summed E-state index contributed by atoms with van der Waals surface area (Å²) in [5.41, 5.74) is 0.833. The van der Waals surface area contributed by atoms with Crippen LogP contribution in [-0.4, -0.2) is 93.0 Å². The van der Waals surface area contributed by atoms with E-state index in [-0.39, 0.29) is 12.5 Å². The third kappa shape index (κ3) is 9.24. The molecule has 0 aromatic heterocycles. The minimum atomic E-state index is -0.854. The van der Waals surface area contributed by atoms with Crippen LogP contribution >= 0.6 is 0 Å². The summed E-state index contributed by atoms with van der Waals surface area (Å²) in [4.78, 5) is 56.2. The number of esters is 1. The quantitative estimate of drug-likeness (QED) is 0.237. The maximum Gasteiger partial charge on any atom is 0.329 e. The summed E-state index contributed by atoms with van der Waals surface area (Å²) < 4.78 is 23.0. The molecule has 11 nitrogen and oxygen atoms in total. The molecule has 1 N–H and O–H groups in total. The zero-order valence-corrected chi connectivity index (χ0v) is 28.3. The number of likely N-dealkylation sites (tertiary alicyclic amines) is 1.